The molecular weight excluding hydrogens is 174 g/mol. The fourth-order valence-electron chi connectivity index (χ4n) is 1.59. The number of nitrogens with one attached hydrogen (secondary N) is 1. The van der Waals surface area contributed by atoms with Crippen LogP contribution in [0.5, 0.6) is 0 Å². The van der Waals surface area contributed by atoms with E-state index in [9.17, 15) is 5.11 Å². The third-order valence-corrected chi connectivity index (χ3v) is 2.66. The van der Waals surface area contributed by atoms with Crippen LogP contribution in [0.1, 0.15) is 59.3 Å². The zero-order valence-corrected chi connectivity index (χ0v) is 10.1. The average Bonchev–Trinajstić information content (AvgIpc) is 2.13. The van der Waals surface area contributed by atoms with Gasteiger partial charge in [0.2, 0.25) is 0 Å². The van der Waals surface area contributed by atoms with Crippen LogP contribution in [0.25, 0.3) is 0 Å². The highest BCUT2D eigenvalue weighted by atomic mass is 16.3. The summed E-state index contributed by atoms with van der Waals surface area (Å²) in [5.41, 5.74) is -0.462. The molecule has 1 unspecified atom stereocenters. The van der Waals surface area contributed by atoms with E-state index in [1.165, 1.54) is 19.3 Å². The molecule has 0 heterocycles. The normalized spacial score (nSPS) is 15.4. The van der Waals surface area contributed by atoms with Crippen LogP contribution >= 0.6 is 0 Å². The minimum atomic E-state index is -0.462. The minimum absolute atomic E-state index is 0.462. The molecule has 0 amide bonds. The molecule has 0 aromatic heterocycles. The Morgan fingerprint density at radius 1 is 1.07 bits per heavy atom. The molecule has 0 spiro atoms. The highest BCUT2D eigenvalue weighted by molar-refractivity contribution is 4.73. The van der Waals surface area contributed by atoms with Crippen molar-refractivity contribution in [1.29, 1.82) is 0 Å². The molecule has 0 fully saturated rings. The fourth-order valence-corrected chi connectivity index (χ4v) is 1.59. The van der Waals surface area contributed by atoms with Crippen LogP contribution in [0.3, 0.4) is 0 Å². The predicted molar refractivity (Wildman–Crippen MR) is 62.5 cm³/mol. The lowest BCUT2D eigenvalue weighted by atomic mass is 9.94. The van der Waals surface area contributed by atoms with Gasteiger partial charge in [-0.05, 0) is 32.9 Å². The van der Waals surface area contributed by atoms with Crippen LogP contribution in [0.2, 0.25) is 0 Å². The lowest BCUT2D eigenvalue weighted by Crippen LogP contribution is -2.29. The molecule has 0 saturated heterocycles. The lowest BCUT2D eigenvalue weighted by molar-refractivity contribution is 0.0397. The standard InChI is InChI=1S/C12H27NO/c1-4-6-7-8-9-12(3,14)10-11-13-5-2/h13-14H,4-11H2,1-3H3. The van der Waals surface area contributed by atoms with E-state index in [0.717, 1.165) is 32.4 Å². The second-order valence-electron chi connectivity index (χ2n) is 4.41. The van der Waals surface area contributed by atoms with Crippen molar-refractivity contribution in [3.8, 4) is 0 Å². The number of hydrogen-bond donors (Lipinski definition) is 2. The van der Waals surface area contributed by atoms with Crippen molar-refractivity contribution in [2.24, 2.45) is 0 Å². The molecule has 2 nitrogen and oxygen atoms in total. The number of rotatable bonds is 9. The Labute approximate surface area is 89.1 Å². The maximum absolute atomic E-state index is 10.0. The van der Waals surface area contributed by atoms with Gasteiger partial charge >= 0.3 is 0 Å². The first-order chi connectivity index (χ1) is 6.62. The van der Waals surface area contributed by atoms with Crippen LogP contribution in [0.15, 0.2) is 0 Å². The Kier molecular flexibility index (Phi) is 8.20. The molecular formula is C12H27NO. The maximum Gasteiger partial charge on any atom is 0.0631 e. The van der Waals surface area contributed by atoms with Crippen LogP contribution in [-0.4, -0.2) is 23.8 Å². The summed E-state index contributed by atoms with van der Waals surface area (Å²) in [6, 6.07) is 0. The van der Waals surface area contributed by atoms with E-state index in [1.54, 1.807) is 0 Å². The minimum Gasteiger partial charge on any atom is -0.390 e. The van der Waals surface area contributed by atoms with E-state index < -0.39 is 5.60 Å². The van der Waals surface area contributed by atoms with Crippen molar-refractivity contribution in [2.45, 2.75) is 64.9 Å². The summed E-state index contributed by atoms with van der Waals surface area (Å²) in [4.78, 5) is 0. The third kappa shape index (κ3) is 8.52. The van der Waals surface area contributed by atoms with Crippen LogP contribution < -0.4 is 5.32 Å². The number of aliphatic hydroxyl groups is 1. The second-order valence-corrected chi connectivity index (χ2v) is 4.41. The van der Waals surface area contributed by atoms with Gasteiger partial charge in [-0.15, -0.1) is 0 Å². The SMILES string of the molecule is CCCCCCC(C)(O)CCNCC. The molecule has 2 N–H and O–H groups in total. The Balaban J connectivity index is 3.40. The molecule has 0 bridgehead atoms. The van der Waals surface area contributed by atoms with Crippen molar-refractivity contribution in [2.75, 3.05) is 13.1 Å². The van der Waals surface area contributed by atoms with Crippen molar-refractivity contribution in [3.63, 3.8) is 0 Å². The van der Waals surface area contributed by atoms with Gasteiger partial charge in [0.15, 0.2) is 0 Å². The molecule has 1 atom stereocenters. The van der Waals surface area contributed by atoms with E-state index in [2.05, 4.69) is 19.2 Å². The zero-order valence-electron chi connectivity index (χ0n) is 10.1. The van der Waals surface area contributed by atoms with Gasteiger partial charge in [0.05, 0.1) is 5.60 Å². The Morgan fingerprint density at radius 3 is 2.36 bits per heavy atom. The Morgan fingerprint density at radius 2 is 1.79 bits per heavy atom. The predicted octanol–water partition coefficient (Wildman–Crippen LogP) is 2.71. The van der Waals surface area contributed by atoms with E-state index in [1.807, 2.05) is 6.92 Å². The van der Waals surface area contributed by atoms with E-state index in [4.69, 9.17) is 0 Å². The first-order valence-corrected chi connectivity index (χ1v) is 6.05. The molecule has 0 aliphatic rings. The molecule has 0 aromatic rings. The van der Waals surface area contributed by atoms with Gasteiger partial charge in [-0.25, -0.2) is 0 Å². The molecule has 0 rings (SSSR count). The molecule has 0 aliphatic carbocycles. The fraction of sp³-hybridized carbons (Fsp3) is 1.00. The molecule has 0 radical (unpaired) electrons. The van der Waals surface area contributed by atoms with E-state index >= 15 is 0 Å². The first-order valence-electron chi connectivity index (χ1n) is 6.05. The van der Waals surface area contributed by atoms with Gasteiger partial charge in [-0.1, -0.05) is 39.5 Å². The van der Waals surface area contributed by atoms with Gasteiger partial charge < -0.3 is 10.4 Å². The smallest absolute Gasteiger partial charge is 0.0631 e. The summed E-state index contributed by atoms with van der Waals surface area (Å²) >= 11 is 0. The van der Waals surface area contributed by atoms with Gasteiger partial charge in [0.1, 0.15) is 0 Å². The summed E-state index contributed by atoms with van der Waals surface area (Å²) in [7, 11) is 0. The number of unbranched alkanes of at least 4 members (excludes halogenated alkanes) is 3. The largest absolute Gasteiger partial charge is 0.390 e. The van der Waals surface area contributed by atoms with Gasteiger partial charge in [0.25, 0.3) is 0 Å². The third-order valence-electron chi connectivity index (χ3n) is 2.66. The summed E-state index contributed by atoms with van der Waals surface area (Å²) < 4.78 is 0. The van der Waals surface area contributed by atoms with Gasteiger partial charge in [-0.2, -0.15) is 0 Å². The summed E-state index contributed by atoms with van der Waals surface area (Å²) in [6.07, 6.45) is 6.79. The highest BCUT2D eigenvalue weighted by Crippen LogP contribution is 2.18. The van der Waals surface area contributed by atoms with Crippen LogP contribution in [0, 0.1) is 0 Å². The highest BCUT2D eigenvalue weighted by Gasteiger charge is 2.18. The number of hydrogen-bond acceptors (Lipinski definition) is 2. The molecule has 86 valence electrons. The van der Waals surface area contributed by atoms with E-state index in [-0.39, 0.29) is 0 Å². The van der Waals surface area contributed by atoms with Gasteiger partial charge in [-0.3, -0.25) is 0 Å². The van der Waals surface area contributed by atoms with Crippen LogP contribution in [0.4, 0.5) is 0 Å². The average molecular weight is 201 g/mol. The molecule has 0 saturated carbocycles. The van der Waals surface area contributed by atoms with Crippen LogP contribution in [-0.2, 0) is 0 Å². The molecule has 14 heavy (non-hydrogen) atoms. The second kappa shape index (κ2) is 8.25. The zero-order chi connectivity index (χ0) is 10.9. The summed E-state index contributed by atoms with van der Waals surface area (Å²) in [5, 5.41) is 13.2. The van der Waals surface area contributed by atoms with Crippen molar-refractivity contribution in [1.82, 2.24) is 5.32 Å². The lowest BCUT2D eigenvalue weighted by Gasteiger charge is -2.23. The topological polar surface area (TPSA) is 32.3 Å². The first kappa shape index (κ1) is 13.9. The molecule has 0 aliphatic heterocycles. The summed E-state index contributed by atoms with van der Waals surface area (Å²) in [5.74, 6) is 0. The van der Waals surface area contributed by atoms with E-state index in [0.29, 0.717) is 0 Å². The van der Waals surface area contributed by atoms with Gasteiger partial charge in [0, 0.05) is 0 Å². The molecule has 0 aromatic carbocycles. The summed E-state index contributed by atoms with van der Waals surface area (Å²) in [6.45, 7) is 8.18. The van der Waals surface area contributed by atoms with Crippen molar-refractivity contribution >= 4 is 0 Å². The quantitative estimate of drug-likeness (QED) is 0.562. The monoisotopic (exact) mass is 201 g/mol. The van der Waals surface area contributed by atoms with Crippen molar-refractivity contribution in [3.05, 3.63) is 0 Å². The maximum atomic E-state index is 10.0. The Bertz CT molecular complexity index is 123. The Hall–Kier alpha value is -0.0800. The van der Waals surface area contributed by atoms with Crippen molar-refractivity contribution < 1.29 is 5.11 Å². The molecule has 2 heteroatoms.